The maximum Gasteiger partial charge on any atom is 0.133 e. The van der Waals surface area contributed by atoms with Crippen LogP contribution in [0.4, 0.5) is 0 Å². The molecule has 0 saturated heterocycles. The first-order chi connectivity index (χ1) is 7.42. The van der Waals surface area contributed by atoms with Crippen LogP contribution in [0.1, 0.15) is 11.1 Å². The molecule has 0 bridgehead atoms. The van der Waals surface area contributed by atoms with Crippen LogP contribution in [0.5, 0.6) is 0 Å². The Kier molecular flexibility index (Phi) is 2.77. The molecule has 0 amide bonds. The van der Waals surface area contributed by atoms with Crippen LogP contribution < -0.4 is 0 Å². The maximum absolute atomic E-state index is 10.9. The normalized spacial score (nSPS) is 9.33. The van der Waals surface area contributed by atoms with Crippen molar-refractivity contribution in [2.45, 2.75) is 0 Å². The average Bonchev–Trinajstić information content (AvgIpc) is 2.33. The SMILES string of the molecule is O=C=C(c1[c]cccc1)c1ccccc1. The molecule has 0 aliphatic carbocycles. The largest absolute Gasteiger partial charge is 0.233 e. The summed E-state index contributed by atoms with van der Waals surface area (Å²) in [5.41, 5.74) is 2.20. The predicted molar refractivity (Wildman–Crippen MR) is 59.9 cm³/mol. The molecule has 0 aromatic heterocycles. The van der Waals surface area contributed by atoms with Crippen LogP contribution >= 0.6 is 0 Å². The van der Waals surface area contributed by atoms with Gasteiger partial charge in [0.15, 0.2) is 0 Å². The van der Waals surface area contributed by atoms with E-state index in [9.17, 15) is 4.79 Å². The van der Waals surface area contributed by atoms with E-state index in [4.69, 9.17) is 0 Å². The van der Waals surface area contributed by atoms with Crippen molar-refractivity contribution < 1.29 is 4.79 Å². The first kappa shape index (κ1) is 9.45. The van der Waals surface area contributed by atoms with Crippen LogP contribution in [0, 0.1) is 6.07 Å². The molecule has 2 aromatic rings. The molecular formula is C14H9O. The molecule has 1 nitrogen and oxygen atoms in total. The average molecular weight is 193 g/mol. The quantitative estimate of drug-likeness (QED) is 0.670. The predicted octanol–water partition coefficient (Wildman–Crippen LogP) is 2.75. The standard InChI is InChI=1S/C14H9O/c15-11-14(12-7-3-1-4-8-12)13-9-5-2-6-10-13/h1-9H. The van der Waals surface area contributed by atoms with Gasteiger partial charge in [0, 0.05) is 5.56 Å². The highest BCUT2D eigenvalue weighted by Crippen LogP contribution is 2.19. The van der Waals surface area contributed by atoms with E-state index in [1.807, 2.05) is 54.5 Å². The molecule has 71 valence electrons. The molecule has 0 atom stereocenters. The molecule has 1 radical (unpaired) electrons. The van der Waals surface area contributed by atoms with E-state index in [-0.39, 0.29) is 0 Å². The molecule has 0 aliphatic rings. The van der Waals surface area contributed by atoms with Gasteiger partial charge in [0.2, 0.25) is 0 Å². The Morgan fingerprint density at radius 3 is 2.33 bits per heavy atom. The summed E-state index contributed by atoms with van der Waals surface area (Å²) < 4.78 is 0. The van der Waals surface area contributed by atoms with Gasteiger partial charge in [0.1, 0.15) is 5.94 Å². The number of rotatable bonds is 2. The Balaban J connectivity index is 2.48. The van der Waals surface area contributed by atoms with Gasteiger partial charge in [0.05, 0.1) is 5.57 Å². The number of carbonyl (C=O) groups excluding carboxylic acids is 1. The van der Waals surface area contributed by atoms with Crippen molar-refractivity contribution in [3.8, 4) is 0 Å². The molecule has 2 rings (SSSR count). The van der Waals surface area contributed by atoms with Crippen molar-refractivity contribution in [1.82, 2.24) is 0 Å². The minimum atomic E-state index is 0.552. The molecule has 15 heavy (non-hydrogen) atoms. The number of hydrogen-bond acceptors (Lipinski definition) is 1. The lowest BCUT2D eigenvalue weighted by atomic mass is 10.00. The fourth-order valence-corrected chi connectivity index (χ4v) is 1.42. The smallest absolute Gasteiger partial charge is 0.133 e. The molecule has 0 fully saturated rings. The first-order valence-electron chi connectivity index (χ1n) is 4.69. The summed E-state index contributed by atoms with van der Waals surface area (Å²) in [6, 6.07) is 19.9. The van der Waals surface area contributed by atoms with E-state index in [2.05, 4.69) is 6.07 Å². The van der Waals surface area contributed by atoms with Gasteiger partial charge in [-0.15, -0.1) is 0 Å². The third-order valence-corrected chi connectivity index (χ3v) is 2.14. The van der Waals surface area contributed by atoms with E-state index in [0.717, 1.165) is 11.1 Å². The highest BCUT2D eigenvalue weighted by molar-refractivity contribution is 5.96. The van der Waals surface area contributed by atoms with Gasteiger partial charge in [-0.2, -0.15) is 0 Å². The molecule has 0 N–H and O–H groups in total. The van der Waals surface area contributed by atoms with Crippen LogP contribution in [0.15, 0.2) is 54.6 Å². The van der Waals surface area contributed by atoms with E-state index in [1.54, 1.807) is 6.07 Å². The highest BCUT2D eigenvalue weighted by Gasteiger charge is 2.04. The van der Waals surface area contributed by atoms with Gasteiger partial charge in [-0.3, -0.25) is 0 Å². The molecule has 0 spiro atoms. The van der Waals surface area contributed by atoms with Crippen LogP contribution in [0.25, 0.3) is 5.57 Å². The monoisotopic (exact) mass is 193 g/mol. The summed E-state index contributed by atoms with van der Waals surface area (Å²) in [6.07, 6.45) is 0. The van der Waals surface area contributed by atoms with Gasteiger partial charge in [-0.05, 0) is 11.6 Å². The van der Waals surface area contributed by atoms with Crippen molar-refractivity contribution in [1.29, 1.82) is 0 Å². The Morgan fingerprint density at radius 2 is 1.73 bits per heavy atom. The Bertz CT molecular complexity index is 438. The molecule has 0 heterocycles. The second kappa shape index (κ2) is 4.41. The fraction of sp³-hybridized carbons (Fsp3) is 0. The topological polar surface area (TPSA) is 17.1 Å². The zero-order valence-corrected chi connectivity index (χ0v) is 8.10. The van der Waals surface area contributed by atoms with E-state index < -0.39 is 0 Å². The summed E-state index contributed by atoms with van der Waals surface area (Å²) in [5, 5.41) is 0. The van der Waals surface area contributed by atoms with Crippen molar-refractivity contribution in [2.75, 3.05) is 0 Å². The summed E-state index contributed by atoms with van der Waals surface area (Å²) >= 11 is 0. The summed E-state index contributed by atoms with van der Waals surface area (Å²) in [6.45, 7) is 0. The fourth-order valence-electron chi connectivity index (χ4n) is 1.42. The summed E-state index contributed by atoms with van der Waals surface area (Å²) in [5.74, 6) is 1.97. The van der Waals surface area contributed by atoms with Gasteiger partial charge in [-0.1, -0.05) is 54.6 Å². The van der Waals surface area contributed by atoms with Gasteiger partial charge < -0.3 is 0 Å². The zero-order chi connectivity index (χ0) is 10.5. The molecular weight excluding hydrogens is 184 g/mol. The third kappa shape index (κ3) is 2.04. The highest BCUT2D eigenvalue weighted by atomic mass is 16.1. The Hall–Kier alpha value is -2.11. The number of benzene rings is 2. The van der Waals surface area contributed by atoms with Crippen molar-refractivity contribution in [2.24, 2.45) is 0 Å². The first-order valence-corrected chi connectivity index (χ1v) is 4.69. The van der Waals surface area contributed by atoms with E-state index in [0.29, 0.717) is 5.57 Å². The zero-order valence-electron chi connectivity index (χ0n) is 8.10. The van der Waals surface area contributed by atoms with Crippen molar-refractivity contribution in [3.63, 3.8) is 0 Å². The van der Waals surface area contributed by atoms with Gasteiger partial charge in [0.25, 0.3) is 0 Å². The van der Waals surface area contributed by atoms with E-state index in [1.165, 1.54) is 0 Å². The Labute approximate surface area is 88.7 Å². The van der Waals surface area contributed by atoms with Gasteiger partial charge in [-0.25, -0.2) is 4.79 Å². The second-order valence-corrected chi connectivity index (χ2v) is 3.12. The summed E-state index contributed by atoms with van der Waals surface area (Å²) in [4.78, 5) is 10.9. The lowest BCUT2D eigenvalue weighted by molar-refractivity contribution is 0.569. The lowest BCUT2D eigenvalue weighted by Gasteiger charge is -2.02. The maximum atomic E-state index is 10.9. The van der Waals surface area contributed by atoms with E-state index >= 15 is 0 Å². The minimum Gasteiger partial charge on any atom is -0.233 e. The second-order valence-electron chi connectivity index (χ2n) is 3.12. The van der Waals surface area contributed by atoms with Crippen LogP contribution in [-0.2, 0) is 4.79 Å². The molecule has 0 saturated carbocycles. The molecule has 2 aromatic carbocycles. The third-order valence-electron chi connectivity index (χ3n) is 2.14. The molecule has 0 unspecified atom stereocenters. The number of hydrogen-bond donors (Lipinski definition) is 0. The van der Waals surface area contributed by atoms with Crippen LogP contribution in [0.2, 0.25) is 0 Å². The lowest BCUT2D eigenvalue weighted by Crippen LogP contribution is -1.87. The summed E-state index contributed by atoms with van der Waals surface area (Å²) in [7, 11) is 0. The minimum absolute atomic E-state index is 0.552. The Morgan fingerprint density at radius 1 is 1.00 bits per heavy atom. The van der Waals surface area contributed by atoms with Gasteiger partial charge >= 0.3 is 0 Å². The van der Waals surface area contributed by atoms with Crippen molar-refractivity contribution in [3.05, 3.63) is 71.8 Å². The molecule has 1 heteroatoms. The van der Waals surface area contributed by atoms with Crippen molar-refractivity contribution >= 4 is 11.5 Å². The molecule has 0 aliphatic heterocycles. The van der Waals surface area contributed by atoms with Crippen LogP contribution in [-0.4, -0.2) is 5.94 Å². The van der Waals surface area contributed by atoms with Crippen LogP contribution in [0.3, 0.4) is 0 Å².